The molecule has 1 amide bonds. The van der Waals surface area contributed by atoms with Gasteiger partial charge in [0, 0.05) is 17.7 Å². The Morgan fingerprint density at radius 1 is 1.29 bits per heavy atom. The van der Waals surface area contributed by atoms with Crippen LogP contribution in [0.15, 0.2) is 24.3 Å². The Balaban J connectivity index is 2.57. The number of amides is 1. The van der Waals surface area contributed by atoms with Crippen molar-refractivity contribution in [1.82, 2.24) is 0 Å². The summed E-state index contributed by atoms with van der Waals surface area (Å²) in [5, 5.41) is 12.1. The van der Waals surface area contributed by atoms with E-state index in [-0.39, 0.29) is 17.9 Å². The fourth-order valence-electron chi connectivity index (χ4n) is 2.51. The third-order valence-corrected chi connectivity index (χ3v) is 3.92. The third kappa shape index (κ3) is 5.86. The van der Waals surface area contributed by atoms with Gasteiger partial charge in [0.1, 0.15) is 0 Å². The number of aliphatic hydroxyl groups is 1. The summed E-state index contributed by atoms with van der Waals surface area (Å²) in [5.74, 6) is 0.420. The van der Waals surface area contributed by atoms with Gasteiger partial charge >= 0.3 is 0 Å². The minimum Gasteiger partial charge on any atom is -0.392 e. The Morgan fingerprint density at radius 3 is 2.52 bits per heavy atom. The number of hydrogen-bond donors (Lipinski definition) is 3. The lowest BCUT2D eigenvalue weighted by molar-refractivity contribution is -0.116. The number of para-hydroxylation sites is 1. The molecule has 4 N–H and O–H groups in total. The lowest BCUT2D eigenvalue weighted by Gasteiger charge is -2.30. The number of benzene rings is 1. The molecule has 0 aromatic heterocycles. The first-order chi connectivity index (χ1) is 9.88. The quantitative estimate of drug-likeness (QED) is 0.723. The fraction of sp³-hybridized carbons (Fsp3) is 0.588. The van der Waals surface area contributed by atoms with Gasteiger partial charge in [-0.1, -0.05) is 39.0 Å². The van der Waals surface area contributed by atoms with Crippen molar-refractivity contribution < 1.29 is 9.90 Å². The zero-order chi connectivity index (χ0) is 15.9. The average molecular weight is 292 g/mol. The van der Waals surface area contributed by atoms with Gasteiger partial charge in [0.15, 0.2) is 0 Å². The number of rotatable bonds is 7. The van der Waals surface area contributed by atoms with Crippen molar-refractivity contribution in [3.05, 3.63) is 29.8 Å². The Hall–Kier alpha value is -1.39. The summed E-state index contributed by atoms with van der Waals surface area (Å²) in [6.07, 6.45) is 2.24. The molecular weight excluding hydrogens is 264 g/mol. The highest BCUT2D eigenvalue weighted by Gasteiger charge is 2.24. The van der Waals surface area contributed by atoms with E-state index in [2.05, 4.69) is 26.1 Å². The van der Waals surface area contributed by atoms with E-state index in [0.29, 0.717) is 24.6 Å². The normalized spacial score (nSPS) is 13.0. The van der Waals surface area contributed by atoms with Crippen molar-refractivity contribution in [3.63, 3.8) is 0 Å². The monoisotopic (exact) mass is 292 g/mol. The number of carbonyl (C=O) groups is 1. The summed E-state index contributed by atoms with van der Waals surface area (Å²) >= 11 is 0. The van der Waals surface area contributed by atoms with Crippen LogP contribution in [-0.2, 0) is 11.4 Å². The van der Waals surface area contributed by atoms with Crippen molar-refractivity contribution >= 4 is 11.6 Å². The zero-order valence-corrected chi connectivity index (χ0v) is 13.4. The largest absolute Gasteiger partial charge is 0.392 e. The molecule has 0 aliphatic carbocycles. The fourth-order valence-corrected chi connectivity index (χ4v) is 2.51. The first-order valence-electron chi connectivity index (χ1n) is 7.57. The van der Waals surface area contributed by atoms with E-state index >= 15 is 0 Å². The topological polar surface area (TPSA) is 75.4 Å². The van der Waals surface area contributed by atoms with Crippen molar-refractivity contribution in [1.29, 1.82) is 0 Å². The molecule has 4 heteroatoms. The van der Waals surface area contributed by atoms with Gasteiger partial charge in [-0.3, -0.25) is 4.79 Å². The van der Waals surface area contributed by atoms with Crippen LogP contribution in [0.1, 0.15) is 45.6 Å². The molecule has 118 valence electrons. The number of carbonyl (C=O) groups excluding carboxylic acids is 1. The Kier molecular flexibility index (Phi) is 6.85. The van der Waals surface area contributed by atoms with E-state index in [0.717, 1.165) is 18.4 Å². The maximum atomic E-state index is 12.1. The molecule has 0 heterocycles. The molecule has 0 saturated carbocycles. The Labute approximate surface area is 127 Å². The molecule has 21 heavy (non-hydrogen) atoms. The molecule has 0 spiro atoms. The molecular formula is C17H28N2O2. The van der Waals surface area contributed by atoms with Crippen LogP contribution in [0.2, 0.25) is 0 Å². The van der Waals surface area contributed by atoms with Gasteiger partial charge < -0.3 is 16.2 Å². The molecule has 0 bridgehead atoms. The van der Waals surface area contributed by atoms with E-state index in [9.17, 15) is 9.90 Å². The number of nitrogens with one attached hydrogen (secondary N) is 1. The molecule has 0 fully saturated rings. The molecule has 1 atom stereocenters. The highest BCUT2D eigenvalue weighted by Crippen LogP contribution is 2.32. The first-order valence-corrected chi connectivity index (χ1v) is 7.57. The van der Waals surface area contributed by atoms with Gasteiger partial charge in [-0.25, -0.2) is 0 Å². The van der Waals surface area contributed by atoms with Gasteiger partial charge in [0.25, 0.3) is 0 Å². The Morgan fingerprint density at radius 2 is 1.95 bits per heavy atom. The van der Waals surface area contributed by atoms with Crippen LogP contribution < -0.4 is 11.1 Å². The molecule has 0 aliphatic heterocycles. The lowest BCUT2D eigenvalue weighted by Crippen LogP contribution is -2.25. The standard InChI is InChI=1S/C17H28N2O2/c1-17(2,3)14(10-11-18)8-9-16(21)19-15-7-5-4-6-13(15)12-20/h4-7,14,20H,8-12,18H2,1-3H3,(H,19,21). The van der Waals surface area contributed by atoms with Crippen molar-refractivity contribution in [2.45, 2.75) is 46.6 Å². The molecule has 0 aliphatic rings. The van der Waals surface area contributed by atoms with Crippen LogP contribution >= 0.6 is 0 Å². The minimum atomic E-state index is -0.0752. The second kappa shape index (κ2) is 8.15. The predicted octanol–water partition coefficient (Wildman–Crippen LogP) is 2.91. The Bertz CT molecular complexity index is 452. The zero-order valence-electron chi connectivity index (χ0n) is 13.4. The van der Waals surface area contributed by atoms with Gasteiger partial charge in [0.05, 0.1) is 6.61 Å². The van der Waals surface area contributed by atoms with E-state index in [1.807, 2.05) is 24.3 Å². The second-order valence-electron chi connectivity index (χ2n) is 6.54. The first kappa shape index (κ1) is 17.7. The maximum absolute atomic E-state index is 12.1. The van der Waals surface area contributed by atoms with Crippen LogP contribution in [-0.4, -0.2) is 17.6 Å². The van der Waals surface area contributed by atoms with Gasteiger partial charge in [-0.2, -0.15) is 0 Å². The SMILES string of the molecule is CC(C)(C)C(CCN)CCC(=O)Nc1ccccc1CO. The summed E-state index contributed by atoms with van der Waals surface area (Å²) in [5.41, 5.74) is 7.25. The minimum absolute atomic E-state index is 0.0119. The molecule has 1 rings (SSSR count). The van der Waals surface area contributed by atoms with E-state index in [1.54, 1.807) is 0 Å². The van der Waals surface area contributed by atoms with Crippen molar-refractivity contribution in [2.75, 3.05) is 11.9 Å². The molecule has 0 saturated heterocycles. The summed E-state index contributed by atoms with van der Waals surface area (Å²) in [6.45, 7) is 7.13. The lowest BCUT2D eigenvalue weighted by atomic mass is 9.76. The molecule has 4 nitrogen and oxygen atoms in total. The number of hydrogen-bond acceptors (Lipinski definition) is 3. The summed E-state index contributed by atoms with van der Waals surface area (Å²) < 4.78 is 0. The van der Waals surface area contributed by atoms with Crippen LogP contribution in [0, 0.1) is 11.3 Å². The predicted molar refractivity (Wildman–Crippen MR) is 86.8 cm³/mol. The van der Waals surface area contributed by atoms with Crippen LogP contribution in [0.25, 0.3) is 0 Å². The van der Waals surface area contributed by atoms with Crippen LogP contribution in [0.4, 0.5) is 5.69 Å². The smallest absolute Gasteiger partial charge is 0.224 e. The maximum Gasteiger partial charge on any atom is 0.224 e. The number of nitrogens with two attached hydrogens (primary N) is 1. The number of anilines is 1. The van der Waals surface area contributed by atoms with Gasteiger partial charge in [0.2, 0.25) is 5.91 Å². The van der Waals surface area contributed by atoms with Gasteiger partial charge in [-0.15, -0.1) is 0 Å². The summed E-state index contributed by atoms with van der Waals surface area (Å²) in [4.78, 5) is 12.1. The van der Waals surface area contributed by atoms with Crippen LogP contribution in [0.3, 0.4) is 0 Å². The highest BCUT2D eigenvalue weighted by atomic mass is 16.3. The average Bonchev–Trinajstić information content (AvgIpc) is 2.42. The van der Waals surface area contributed by atoms with Crippen LogP contribution in [0.5, 0.6) is 0 Å². The number of aliphatic hydroxyl groups excluding tert-OH is 1. The van der Waals surface area contributed by atoms with Gasteiger partial charge in [-0.05, 0) is 36.8 Å². The highest BCUT2D eigenvalue weighted by molar-refractivity contribution is 5.91. The van der Waals surface area contributed by atoms with Crippen molar-refractivity contribution in [3.8, 4) is 0 Å². The molecule has 1 aromatic rings. The molecule has 1 unspecified atom stereocenters. The second-order valence-corrected chi connectivity index (χ2v) is 6.54. The molecule has 1 aromatic carbocycles. The molecule has 0 radical (unpaired) electrons. The van der Waals surface area contributed by atoms with Crippen molar-refractivity contribution in [2.24, 2.45) is 17.1 Å². The third-order valence-electron chi connectivity index (χ3n) is 3.92. The summed E-state index contributed by atoms with van der Waals surface area (Å²) in [6, 6.07) is 7.31. The summed E-state index contributed by atoms with van der Waals surface area (Å²) in [7, 11) is 0. The van der Waals surface area contributed by atoms with E-state index < -0.39 is 0 Å². The van der Waals surface area contributed by atoms with E-state index in [1.165, 1.54) is 0 Å². The van der Waals surface area contributed by atoms with E-state index in [4.69, 9.17) is 5.73 Å².